The number of carbonyl (C=O) groups is 1. The Morgan fingerprint density at radius 1 is 1.20 bits per heavy atom. The molecule has 0 aliphatic heterocycles. The Balaban J connectivity index is 1.60. The van der Waals surface area contributed by atoms with Gasteiger partial charge in [0.15, 0.2) is 11.0 Å². The third kappa shape index (κ3) is 4.16. The van der Waals surface area contributed by atoms with Crippen molar-refractivity contribution in [3.05, 3.63) is 48.7 Å². The summed E-state index contributed by atoms with van der Waals surface area (Å²) in [6, 6.07) is 12.8. The summed E-state index contributed by atoms with van der Waals surface area (Å²) in [5.41, 5.74) is 1.46. The summed E-state index contributed by atoms with van der Waals surface area (Å²) in [5.74, 6) is 1.53. The largest absolute Gasteiger partial charge is 0.497 e. The third-order valence-corrected chi connectivity index (χ3v) is 4.46. The minimum atomic E-state index is -0.113. The van der Waals surface area contributed by atoms with Crippen LogP contribution in [-0.2, 0) is 11.8 Å². The van der Waals surface area contributed by atoms with Gasteiger partial charge in [0.25, 0.3) is 0 Å². The smallest absolute Gasteiger partial charge is 0.234 e. The van der Waals surface area contributed by atoms with E-state index >= 15 is 0 Å². The standard InChI is InChI=1S/C17H17N5O2S/c1-22-16(14-5-3-4-10-18-14)20-21-17(22)25-11-15(23)19-12-6-8-13(24-2)9-7-12/h3-10H,11H2,1-2H3,(H,19,23). The molecule has 0 aliphatic carbocycles. The van der Waals surface area contributed by atoms with Crippen molar-refractivity contribution in [2.24, 2.45) is 7.05 Å². The molecule has 0 unspecified atom stereocenters. The highest BCUT2D eigenvalue weighted by molar-refractivity contribution is 7.99. The van der Waals surface area contributed by atoms with Gasteiger partial charge in [-0.05, 0) is 36.4 Å². The molecule has 0 atom stereocenters. The second-order valence-electron chi connectivity index (χ2n) is 5.15. The number of thioether (sulfide) groups is 1. The van der Waals surface area contributed by atoms with Gasteiger partial charge in [-0.1, -0.05) is 17.8 Å². The maximum Gasteiger partial charge on any atom is 0.234 e. The second-order valence-corrected chi connectivity index (χ2v) is 6.09. The molecule has 0 radical (unpaired) electrons. The predicted octanol–water partition coefficient (Wildman–Crippen LogP) is 2.62. The zero-order valence-electron chi connectivity index (χ0n) is 13.8. The Morgan fingerprint density at radius 2 is 2.00 bits per heavy atom. The molecule has 0 spiro atoms. The molecular weight excluding hydrogens is 338 g/mol. The lowest BCUT2D eigenvalue weighted by Crippen LogP contribution is -2.14. The highest BCUT2D eigenvalue weighted by atomic mass is 32.2. The van der Waals surface area contributed by atoms with Crippen LogP contribution in [0.1, 0.15) is 0 Å². The van der Waals surface area contributed by atoms with Crippen molar-refractivity contribution >= 4 is 23.4 Å². The Bertz CT molecular complexity index is 849. The summed E-state index contributed by atoms with van der Waals surface area (Å²) >= 11 is 1.32. The molecule has 7 nitrogen and oxygen atoms in total. The van der Waals surface area contributed by atoms with Crippen LogP contribution in [0.4, 0.5) is 5.69 Å². The summed E-state index contributed by atoms with van der Waals surface area (Å²) in [6.07, 6.45) is 1.71. The number of anilines is 1. The van der Waals surface area contributed by atoms with Crippen molar-refractivity contribution in [2.45, 2.75) is 5.16 Å². The van der Waals surface area contributed by atoms with Gasteiger partial charge in [-0.15, -0.1) is 10.2 Å². The van der Waals surface area contributed by atoms with E-state index in [0.717, 1.165) is 17.1 Å². The van der Waals surface area contributed by atoms with E-state index in [0.29, 0.717) is 11.0 Å². The van der Waals surface area contributed by atoms with Gasteiger partial charge in [0.05, 0.1) is 12.9 Å². The number of nitrogens with one attached hydrogen (secondary N) is 1. The van der Waals surface area contributed by atoms with Gasteiger partial charge in [0.1, 0.15) is 11.4 Å². The molecule has 25 heavy (non-hydrogen) atoms. The molecule has 0 aliphatic rings. The number of nitrogens with zero attached hydrogens (tertiary/aromatic N) is 4. The van der Waals surface area contributed by atoms with Gasteiger partial charge in [-0.3, -0.25) is 9.78 Å². The average molecular weight is 355 g/mol. The van der Waals surface area contributed by atoms with E-state index in [1.54, 1.807) is 37.6 Å². The summed E-state index contributed by atoms with van der Waals surface area (Å²) in [5, 5.41) is 11.8. The topological polar surface area (TPSA) is 81.9 Å². The highest BCUT2D eigenvalue weighted by Crippen LogP contribution is 2.21. The number of hydrogen-bond donors (Lipinski definition) is 1. The highest BCUT2D eigenvalue weighted by Gasteiger charge is 2.13. The zero-order chi connectivity index (χ0) is 17.6. The summed E-state index contributed by atoms with van der Waals surface area (Å²) in [7, 11) is 3.46. The Hall–Kier alpha value is -2.87. The number of amides is 1. The quantitative estimate of drug-likeness (QED) is 0.685. The number of rotatable bonds is 6. The fourth-order valence-corrected chi connectivity index (χ4v) is 2.87. The third-order valence-electron chi connectivity index (χ3n) is 3.44. The van der Waals surface area contributed by atoms with Gasteiger partial charge in [0.2, 0.25) is 5.91 Å². The van der Waals surface area contributed by atoms with E-state index in [9.17, 15) is 4.79 Å². The van der Waals surface area contributed by atoms with E-state index in [-0.39, 0.29) is 11.7 Å². The second kappa shape index (κ2) is 7.80. The van der Waals surface area contributed by atoms with Gasteiger partial charge < -0.3 is 14.6 Å². The monoisotopic (exact) mass is 355 g/mol. The molecule has 2 heterocycles. The van der Waals surface area contributed by atoms with Crippen LogP contribution >= 0.6 is 11.8 Å². The summed E-state index contributed by atoms with van der Waals surface area (Å²) < 4.78 is 6.92. The molecule has 1 N–H and O–H groups in total. The van der Waals surface area contributed by atoms with Crippen LogP contribution < -0.4 is 10.1 Å². The first-order valence-corrected chi connectivity index (χ1v) is 8.53. The normalized spacial score (nSPS) is 10.5. The maximum absolute atomic E-state index is 12.1. The minimum absolute atomic E-state index is 0.113. The fourth-order valence-electron chi connectivity index (χ4n) is 2.16. The Kier molecular flexibility index (Phi) is 5.30. The van der Waals surface area contributed by atoms with E-state index < -0.39 is 0 Å². The molecule has 8 heteroatoms. The van der Waals surface area contributed by atoms with Crippen LogP contribution in [0.15, 0.2) is 53.8 Å². The maximum atomic E-state index is 12.1. The lowest BCUT2D eigenvalue weighted by atomic mass is 10.3. The Morgan fingerprint density at radius 3 is 2.68 bits per heavy atom. The molecule has 1 aromatic carbocycles. The Labute approximate surface area is 149 Å². The number of benzene rings is 1. The van der Waals surface area contributed by atoms with E-state index in [1.165, 1.54) is 11.8 Å². The number of methoxy groups -OCH3 is 1. The molecule has 0 fully saturated rings. The van der Waals surface area contributed by atoms with Crippen molar-refractivity contribution < 1.29 is 9.53 Å². The molecule has 128 valence electrons. The van der Waals surface area contributed by atoms with Crippen molar-refractivity contribution in [2.75, 3.05) is 18.2 Å². The lowest BCUT2D eigenvalue weighted by molar-refractivity contribution is -0.113. The van der Waals surface area contributed by atoms with Crippen LogP contribution in [-0.4, -0.2) is 38.5 Å². The van der Waals surface area contributed by atoms with Gasteiger partial charge in [-0.2, -0.15) is 0 Å². The lowest BCUT2D eigenvalue weighted by Gasteiger charge is -2.06. The summed E-state index contributed by atoms with van der Waals surface area (Å²) in [6.45, 7) is 0. The fraction of sp³-hybridized carbons (Fsp3) is 0.176. The number of hydrogen-bond acceptors (Lipinski definition) is 6. The van der Waals surface area contributed by atoms with Crippen LogP contribution in [0.5, 0.6) is 5.75 Å². The predicted molar refractivity (Wildman–Crippen MR) is 96.6 cm³/mol. The van der Waals surface area contributed by atoms with E-state index in [2.05, 4.69) is 20.5 Å². The molecule has 0 saturated carbocycles. The summed E-state index contributed by atoms with van der Waals surface area (Å²) in [4.78, 5) is 16.4. The first-order valence-electron chi connectivity index (χ1n) is 7.55. The van der Waals surface area contributed by atoms with E-state index in [1.807, 2.05) is 29.8 Å². The molecule has 3 rings (SSSR count). The van der Waals surface area contributed by atoms with Crippen LogP contribution in [0, 0.1) is 0 Å². The van der Waals surface area contributed by atoms with Crippen molar-refractivity contribution in [1.82, 2.24) is 19.7 Å². The molecule has 3 aromatic rings. The first-order chi connectivity index (χ1) is 12.2. The van der Waals surface area contributed by atoms with Gasteiger partial charge in [0, 0.05) is 18.9 Å². The van der Waals surface area contributed by atoms with Gasteiger partial charge in [-0.25, -0.2) is 0 Å². The number of pyridine rings is 1. The van der Waals surface area contributed by atoms with Crippen molar-refractivity contribution in [3.8, 4) is 17.3 Å². The van der Waals surface area contributed by atoms with Crippen LogP contribution in [0.25, 0.3) is 11.5 Å². The first kappa shape index (κ1) is 17.0. The molecule has 1 amide bonds. The van der Waals surface area contributed by atoms with E-state index in [4.69, 9.17) is 4.74 Å². The molecule has 2 aromatic heterocycles. The molecule has 0 bridgehead atoms. The van der Waals surface area contributed by atoms with Gasteiger partial charge >= 0.3 is 0 Å². The van der Waals surface area contributed by atoms with Crippen molar-refractivity contribution in [3.63, 3.8) is 0 Å². The molecular formula is C17H17N5O2S. The average Bonchev–Trinajstić information content (AvgIpc) is 3.02. The zero-order valence-corrected chi connectivity index (χ0v) is 14.7. The minimum Gasteiger partial charge on any atom is -0.497 e. The number of carbonyl (C=O) groups excluding carboxylic acids is 1. The van der Waals surface area contributed by atoms with Crippen LogP contribution in [0.2, 0.25) is 0 Å². The van der Waals surface area contributed by atoms with Crippen LogP contribution in [0.3, 0.4) is 0 Å². The molecule has 0 saturated heterocycles. The number of ether oxygens (including phenoxy) is 1. The SMILES string of the molecule is COc1ccc(NC(=O)CSc2nnc(-c3ccccn3)n2C)cc1. The van der Waals surface area contributed by atoms with Crippen molar-refractivity contribution in [1.29, 1.82) is 0 Å². The number of aromatic nitrogens is 4.